The van der Waals surface area contributed by atoms with Crippen molar-refractivity contribution < 1.29 is 4.74 Å². The highest BCUT2D eigenvalue weighted by Gasteiger charge is 2.28. The summed E-state index contributed by atoms with van der Waals surface area (Å²) in [6.07, 6.45) is 4.49. The number of hydrogen-bond acceptors (Lipinski definition) is 1. The number of alkyl halides is 1. The summed E-state index contributed by atoms with van der Waals surface area (Å²) in [6, 6.07) is 2.10. The molecule has 0 saturated heterocycles. The maximum Gasteiger partial charge on any atom is 0.126 e. The number of rotatable bonds is 0. The van der Waals surface area contributed by atoms with E-state index in [4.69, 9.17) is 16.3 Å². The lowest BCUT2D eigenvalue weighted by Gasteiger charge is -2.16. The first kappa shape index (κ1) is 11.9. The zero-order chi connectivity index (χ0) is 12.0. The van der Waals surface area contributed by atoms with Crippen molar-refractivity contribution in [1.29, 1.82) is 0 Å². The van der Waals surface area contributed by atoms with Crippen LogP contribution in [0.5, 0.6) is 5.75 Å². The third-order valence-electron chi connectivity index (χ3n) is 3.88. The second-order valence-electron chi connectivity index (χ2n) is 5.18. The fraction of sp³-hybridized carbons (Fsp3) is 0.571. The molecule has 2 aliphatic rings. The molecule has 92 valence electrons. The van der Waals surface area contributed by atoms with E-state index < -0.39 is 0 Å². The Morgan fingerprint density at radius 2 is 2.24 bits per heavy atom. The van der Waals surface area contributed by atoms with Crippen LogP contribution in [0, 0.1) is 5.92 Å². The van der Waals surface area contributed by atoms with E-state index >= 15 is 0 Å². The van der Waals surface area contributed by atoms with Crippen LogP contribution < -0.4 is 4.74 Å². The minimum Gasteiger partial charge on any atom is -0.493 e. The van der Waals surface area contributed by atoms with Gasteiger partial charge in [-0.05, 0) is 42.4 Å². The monoisotopic (exact) mass is 314 g/mol. The first-order valence-corrected chi connectivity index (χ1v) is 7.57. The van der Waals surface area contributed by atoms with Crippen LogP contribution >= 0.6 is 27.5 Å². The summed E-state index contributed by atoms with van der Waals surface area (Å²) in [5.74, 6) is 1.86. The number of hydrogen-bond donors (Lipinski definition) is 0. The molecule has 0 saturated carbocycles. The normalized spacial score (nSPS) is 27.0. The first-order chi connectivity index (χ1) is 8.16. The maximum atomic E-state index is 6.46. The van der Waals surface area contributed by atoms with Crippen molar-refractivity contribution in [1.82, 2.24) is 0 Å². The van der Waals surface area contributed by atoms with Crippen molar-refractivity contribution >= 4 is 27.5 Å². The zero-order valence-electron chi connectivity index (χ0n) is 9.93. The predicted molar refractivity (Wildman–Crippen MR) is 74.4 cm³/mol. The Kier molecular flexibility index (Phi) is 3.12. The van der Waals surface area contributed by atoms with Gasteiger partial charge in [0.05, 0.1) is 6.61 Å². The molecule has 2 atom stereocenters. The van der Waals surface area contributed by atoms with Crippen LogP contribution in [0.3, 0.4) is 0 Å². The highest BCUT2D eigenvalue weighted by atomic mass is 79.9. The highest BCUT2D eigenvalue weighted by molar-refractivity contribution is 9.09. The van der Waals surface area contributed by atoms with Crippen LogP contribution in [0.1, 0.15) is 41.3 Å². The van der Waals surface area contributed by atoms with Crippen molar-refractivity contribution in [2.75, 3.05) is 6.61 Å². The van der Waals surface area contributed by atoms with Crippen molar-refractivity contribution in [3.05, 3.63) is 27.8 Å². The molecule has 1 aromatic carbocycles. The second kappa shape index (κ2) is 4.47. The Bertz CT molecular complexity index is 458. The Balaban J connectivity index is 2.16. The van der Waals surface area contributed by atoms with Crippen molar-refractivity contribution in [3.63, 3.8) is 0 Å². The molecular weight excluding hydrogens is 300 g/mol. The fourth-order valence-corrected chi connectivity index (χ4v) is 4.62. The third kappa shape index (κ3) is 2.00. The summed E-state index contributed by atoms with van der Waals surface area (Å²) in [4.78, 5) is 0.372. The van der Waals surface area contributed by atoms with Gasteiger partial charge in [-0.3, -0.25) is 0 Å². The van der Waals surface area contributed by atoms with Gasteiger partial charge < -0.3 is 4.74 Å². The van der Waals surface area contributed by atoms with E-state index in [1.165, 1.54) is 23.1 Å². The molecule has 1 nitrogen and oxygen atoms in total. The molecule has 1 aromatic rings. The number of halogens is 2. The SMILES string of the molecule is CC1CCc2c3c(cc(Cl)c2C(Br)C1)CCO3. The topological polar surface area (TPSA) is 9.23 Å². The van der Waals surface area contributed by atoms with Gasteiger partial charge in [0.2, 0.25) is 0 Å². The van der Waals surface area contributed by atoms with Crippen LogP contribution in [0.2, 0.25) is 5.02 Å². The van der Waals surface area contributed by atoms with Gasteiger partial charge in [-0.25, -0.2) is 0 Å². The van der Waals surface area contributed by atoms with Crippen molar-refractivity contribution in [2.45, 2.75) is 37.4 Å². The molecule has 1 aliphatic heterocycles. The second-order valence-corrected chi connectivity index (χ2v) is 6.70. The van der Waals surface area contributed by atoms with Crippen LogP contribution in [0.25, 0.3) is 0 Å². The quantitative estimate of drug-likeness (QED) is 0.499. The molecule has 0 bridgehead atoms. The van der Waals surface area contributed by atoms with Gasteiger partial charge in [0.15, 0.2) is 0 Å². The van der Waals surface area contributed by atoms with Gasteiger partial charge in [-0.2, -0.15) is 0 Å². The van der Waals surface area contributed by atoms with Gasteiger partial charge in [0.25, 0.3) is 0 Å². The van der Waals surface area contributed by atoms with Gasteiger partial charge >= 0.3 is 0 Å². The van der Waals surface area contributed by atoms with Crippen LogP contribution in [0.4, 0.5) is 0 Å². The van der Waals surface area contributed by atoms with Crippen LogP contribution in [-0.2, 0) is 12.8 Å². The Labute approximate surface area is 116 Å². The van der Waals surface area contributed by atoms with Gasteiger partial charge in [0, 0.05) is 21.8 Å². The molecule has 0 radical (unpaired) electrons. The average Bonchev–Trinajstić information content (AvgIpc) is 2.66. The minimum atomic E-state index is 0.372. The van der Waals surface area contributed by atoms with Crippen LogP contribution in [0.15, 0.2) is 6.07 Å². The molecule has 0 amide bonds. The summed E-state index contributed by atoms with van der Waals surface area (Å²) in [6.45, 7) is 3.12. The molecule has 3 heteroatoms. The van der Waals surface area contributed by atoms with E-state index in [1.54, 1.807) is 0 Å². The fourth-order valence-electron chi connectivity index (χ4n) is 2.95. The van der Waals surface area contributed by atoms with Crippen molar-refractivity contribution in [2.24, 2.45) is 5.92 Å². The number of fused-ring (bicyclic) bond motifs is 3. The van der Waals surface area contributed by atoms with Crippen molar-refractivity contribution in [3.8, 4) is 5.75 Å². The molecule has 1 heterocycles. The summed E-state index contributed by atoms with van der Waals surface area (Å²) in [5.41, 5.74) is 3.93. The third-order valence-corrected chi connectivity index (χ3v) is 5.02. The molecule has 3 rings (SSSR count). The zero-order valence-corrected chi connectivity index (χ0v) is 12.3. The summed E-state index contributed by atoms with van der Waals surface area (Å²) < 4.78 is 5.81. The Morgan fingerprint density at radius 3 is 3.06 bits per heavy atom. The summed E-state index contributed by atoms with van der Waals surface area (Å²) in [5, 5.41) is 0.917. The predicted octanol–water partition coefficient (Wildman–Crippen LogP) is 4.68. The van der Waals surface area contributed by atoms with E-state index in [-0.39, 0.29) is 0 Å². The molecule has 0 fully saturated rings. The molecule has 1 aliphatic carbocycles. The lowest BCUT2D eigenvalue weighted by molar-refractivity contribution is 0.352. The lowest BCUT2D eigenvalue weighted by Crippen LogP contribution is -1.99. The Morgan fingerprint density at radius 1 is 1.41 bits per heavy atom. The minimum absolute atomic E-state index is 0.372. The van der Waals surface area contributed by atoms with Gasteiger partial charge in [0.1, 0.15) is 5.75 Å². The first-order valence-electron chi connectivity index (χ1n) is 6.28. The molecule has 17 heavy (non-hydrogen) atoms. The summed E-state index contributed by atoms with van der Waals surface area (Å²) in [7, 11) is 0. The molecule has 2 unspecified atom stereocenters. The van der Waals surface area contributed by atoms with Crippen LogP contribution in [-0.4, -0.2) is 6.61 Å². The maximum absolute atomic E-state index is 6.46. The van der Waals surface area contributed by atoms with E-state index in [2.05, 4.69) is 28.9 Å². The molecule has 0 aromatic heterocycles. The molecular formula is C14H16BrClO. The van der Waals surface area contributed by atoms with E-state index in [9.17, 15) is 0 Å². The largest absolute Gasteiger partial charge is 0.493 e. The van der Waals surface area contributed by atoms with E-state index in [1.807, 2.05) is 0 Å². The molecule has 0 spiro atoms. The standard InChI is InChI=1S/C14H16BrClO/c1-8-2-3-10-13(11(15)6-8)12(16)7-9-4-5-17-14(9)10/h7-8,11H,2-6H2,1H3. The average molecular weight is 316 g/mol. The van der Waals surface area contributed by atoms with E-state index in [0.29, 0.717) is 4.83 Å². The molecule has 0 N–H and O–H groups in total. The lowest BCUT2D eigenvalue weighted by atomic mass is 9.98. The number of ether oxygens (including phenoxy) is 1. The van der Waals surface area contributed by atoms with Gasteiger partial charge in [-0.15, -0.1) is 0 Å². The smallest absolute Gasteiger partial charge is 0.126 e. The summed E-state index contributed by atoms with van der Waals surface area (Å²) >= 11 is 10.3. The highest BCUT2D eigenvalue weighted by Crippen LogP contribution is 2.46. The number of benzene rings is 1. The Hall–Kier alpha value is -0.210. The van der Waals surface area contributed by atoms with E-state index in [0.717, 1.165) is 42.6 Å². The van der Waals surface area contributed by atoms with Gasteiger partial charge in [-0.1, -0.05) is 34.5 Å².